The van der Waals surface area contributed by atoms with Gasteiger partial charge in [0.25, 0.3) is 11.8 Å². The van der Waals surface area contributed by atoms with Crippen LogP contribution in [-0.2, 0) is 4.74 Å². The maximum atomic E-state index is 14.4. The van der Waals surface area contributed by atoms with Crippen molar-refractivity contribution in [1.82, 2.24) is 24.3 Å². The number of hydrogen-bond acceptors (Lipinski definition) is 7. The first kappa shape index (κ1) is 33.0. The Morgan fingerprint density at radius 3 is 2.46 bits per heavy atom. The summed E-state index contributed by atoms with van der Waals surface area (Å²) in [4.78, 5) is 47.7. The molecule has 1 aromatic heterocycles. The molecule has 1 aliphatic heterocycles. The molecular weight excluding hydrogens is 590 g/mol. The van der Waals surface area contributed by atoms with E-state index in [2.05, 4.69) is 4.98 Å². The third-order valence-corrected chi connectivity index (χ3v) is 8.97. The maximum absolute atomic E-state index is 14.4. The number of carboxylic acid groups (broad SMARTS) is 1. The SMILES string of the molecule is COC[C@]1(O)CCCC[C@H]1n1cnc(C(=O)N2CCN(C(=O)O)C[C@H]2CCOc2ccc(C(=O)N(C)C)cc2)c1-c1ccccc1. The highest BCUT2D eigenvalue weighted by molar-refractivity contribution is 5.98. The molecule has 3 amide bonds. The van der Waals surface area contributed by atoms with Crippen LogP contribution in [-0.4, -0.2) is 118 Å². The molecule has 12 nitrogen and oxygen atoms in total. The molecule has 1 saturated carbocycles. The lowest BCUT2D eigenvalue weighted by Gasteiger charge is -2.41. The van der Waals surface area contributed by atoms with Crippen LogP contribution in [0.15, 0.2) is 60.9 Å². The standard InChI is InChI=1S/C34H43N5O7/c1-36(2)31(40)25-12-14-27(15-13-25)46-20-16-26-21-37(33(42)43)18-19-38(26)32(41)29-30(24-9-5-4-6-10-24)39(23-35-29)28-11-7-8-17-34(28,44)22-45-3/h4-6,9-10,12-15,23,26,28,44H,7-8,11,16-22H2,1-3H3,(H,42,43)/t26-,28-,34-/m1/s1. The van der Waals surface area contributed by atoms with E-state index in [-0.39, 0.29) is 56.4 Å². The summed E-state index contributed by atoms with van der Waals surface area (Å²) < 4.78 is 13.3. The monoisotopic (exact) mass is 633 g/mol. The quantitative estimate of drug-likeness (QED) is 0.342. The first-order valence-electron chi connectivity index (χ1n) is 15.7. The Balaban J connectivity index is 1.41. The Hall–Kier alpha value is -4.42. The fourth-order valence-electron chi connectivity index (χ4n) is 6.60. The van der Waals surface area contributed by atoms with Crippen molar-refractivity contribution < 1.29 is 34.1 Å². The minimum absolute atomic E-state index is 0.110. The van der Waals surface area contributed by atoms with E-state index >= 15 is 0 Å². The number of amides is 3. The van der Waals surface area contributed by atoms with Crippen LogP contribution in [0.2, 0.25) is 0 Å². The van der Waals surface area contributed by atoms with Crippen molar-refractivity contribution in [1.29, 1.82) is 0 Å². The van der Waals surface area contributed by atoms with Gasteiger partial charge >= 0.3 is 6.09 Å². The number of rotatable bonds is 10. The molecule has 2 aromatic carbocycles. The van der Waals surface area contributed by atoms with Gasteiger partial charge in [-0.15, -0.1) is 0 Å². The number of carbonyl (C=O) groups excluding carboxylic acids is 2. The number of nitrogens with zero attached hydrogens (tertiary/aromatic N) is 5. The normalized spacial score (nSPS) is 21.6. The van der Waals surface area contributed by atoms with Gasteiger partial charge in [0, 0.05) is 58.4 Å². The molecule has 2 N–H and O–H groups in total. The molecule has 2 aliphatic rings. The fraction of sp³-hybridized carbons (Fsp3) is 0.471. The van der Waals surface area contributed by atoms with Crippen molar-refractivity contribution in [2.75, 3.05) is 54.1 Å². The van der Waals surface area contributed by atoms with Crippen LogP contribution in [0.3, 0.4) is 0 Å². The summed E-state index contributed by atoms with van der Waals surface area (Å²) in [5.74, 6) is 0.159. The molecule has 3 atom stereocenters. The molecule has 2 heterocycles. The van der Waals surface area contributed by atoms with Gasteiger partial charge in [0.1, 0.15) is 11.4 Å². The molecule has 0 radical (unpaired) electrons. The van der Waals surface area contributed by atoms with E-state index in [0.29, 0.717) is 36.3 Å². The number of hydrogen-bond donors (Lipinski definition) is 2. The second kappa shape index (κ2) is 14.3. The summed E-state index contributed by atoms with van der Waals surface area (Å²) in [6.07, 6.45) is 4.09. The molecule has 0 spiro atoms. The number of ether oxygens (including phenoxy) is 2. The molecule has 246 valence electrons. The number of imidazole rings is 1. The summed E-state index contributed by atoms with van der Waals surface area (Å²) in [6, 6.07) is 15.6. The Morgan fingerprint density at radius 2 is 1.78 bits per heavy atom. The van der Waals surface area contributed by atoms with Gasteiger partial charge in [-0.25, -0.2) is 9.78 Å². The highest BCUT2D eigenvalue weighted by Crippen LogP contribution is 2.41. The lowest BCUT2D eigenvalue weighted by Crippen LogP contribution is -2.56. The zero-order valence-corrected chi connectivity index (χ0v) is 26.7. The summed E-state index contributed by atoms with van der Waals surface area (Å²) in [6.45, 7) is 0.918. The van der Waals surface area contributed by atoms with Gasteiger partial charge in [0.2, 0.25) is 0 Å². The van der Waals surface area contributed by atoms with Crippen LogP contribution in [0.25, 0.3) is 11.3 Å². The van der Waals surface area contributed by atoms with E-state index in [9.17, 15) is 24.6 Å². The largest absolute Gasteiger partial charge is 0.494 e. The first-order chi connectivity index (χ1) is 22.1. The molecule has 1 saturated heterocycles. The van der Waals surface area contributed by atoms with Crippen molar-refractivity contribution in [2.24, 2.45) is 0 Å². The van der Waals surface area contributed by atoms with Crippen LogP contribution in [0.5, 0.6) is 5.75 Å². The van der Waals surface area contributed by atoms with Crippen molar-refractivity contribution in [3.63, 3.8) is 0 Å². The van der Waals surface area contributed by atoms with Crippen LogP contribution in [0.1, 0.15) is 59.0 Å². The Kier molecular flexibility index (Phi) is 10.3. The Labute approximate surface area is 269 Å². The van der Waals surface area contributed by atoms with E-state index in [1.165, 1.54) is 9.80 Å². The van der Waals surface area contributed by atoms with Crippen molar-refractivity contribution >= 4 is 17.9 Å². The number of aromatic nitrogens is 2. The van der Waals surface area contributed by atoms with Crippen molar-refractivity contribution in [3.05, 3.63) is 72.2 Å². The number of piperazine rings is 1. The predicted molar refractivity (Wildman–Crippen MR) is 171 cm³/mol. The van der Waals surface area contributed by atoms with E-state index in [1.807, 2.05) is 34.9 Å². The van der Waals surface area contributed by atoms with Crippen LogP contribution in [0, 0.1) is 0 Å². The Morgan fingerprint density at radius 1 is 1.04 bits per heavy atom. The number of carbonyl (C=O) groups is 3. The predicted octanol–water partition coefficient (Wildman–Crippen LogP) is 4.02. The van der Waals surface area contributed by atoms with Gasteiger partial charge < -0.3 is 39.0 Å². The van der Waals surface area contributed by atoms with E-state index < -0.39 is 17.7 Å². The lowest BCUT2D eigenvalue weighted by molar-refractivity contribution is -0.0893. The van der Waals surface area contributed by atoms with Gasteiger partial charge in [-0.3, -0.25) is 9.59 Å². The van der Waals surface area contributed by atoms with Crippen LogP contribution >= 0.6 is 0 Å². The highest BCUT2D eigenvalue weighted by atomic mass is 16.5. The summed E-state index contributed by atoms with van der Waals surface area (Å²) in [7, 11) is 4.95. The highest BCUT2D eigenvalue weighted by Gasteiger charge is 2.43. The zero-order valence-electron chi connectivity index (χ0n) is 26.7. The van der Waals surface area contributed by atoms with Gasteiger partial charge in [-0.2, -0.15) is 0 Å². The van der Waals surface area contributed by atoms with Gasteiger partial charge in [0.15, 0.2) is 5.69 Å². The van der Waals surface area contributed by atoms with E-state index in [1.54, 1.807) is 56.7 Å². The molecule has 5 rings (SSSR count). The van der Waals surface area contributed by atoms with Gasteiger partial charge in [-0.05, 0) is 37.1 Å². The molecule has 1 aliphatic carbocycles. The number of benzene rings is 2. The number of aliphatic hydroxyl groups is 1. The van der Waals surface area contributed by atoms with E-state index in [4.69, 9.17) is 9.47 Å². The fourth-order valence-corrected chi connectivity index (χ4v) is 6.60. The topological polar surface area (TPSA) is 138 Å². The molecule has 0 bridgehead atoms. The van der Waals surface area contributed by atoms with Gasteiger partial charge in [0.05, 0.1) is 37.3 Å². The summed E-state index contributed by atoms with van der Waals surface area (Å²) in [5, 5.41) is 21.4. The second-order valence-corrected chi connectivity index (χ2v) is 12.3. The molecular formula is C34H43N5O7. The second-order valence-electron chi connectivity index (χ2n) is 12.3. The first-order valence-corrected chi connectivity index (χ1v) is 15.7. The molecule has 2 fully saturated rings. The summed E-state index contributed by atoms with van der Waals surface area (Å²) >= 11 is 0. The average molecular weight is 634 g/mol. The molecule has 12 heteroatoms. The van der Waals surface area contributed by atoms with E-state index in [0.717, 1.165) is 18.4 Å². The van der Waals surface area contributed by atoms with Gasteiger partial charge in [-0.1, -0.05) is 43.2 Å². The molecule has 0 unspecified atom stereocenters. The third kappa shape index (κ3) is 7.02. The maximum Gasteiger partial charge on any atom is 0.407 e. The van der Waals surface area contributed by atoms with Crippen molar-refractivity contribution in [2.45, 2.75) is 49.8 Å². The van der Waals surface area contributed by atoms with Crippen LogP contribution in [0.4, 0.5) is 4.79 Å². The van der Waals surface area contributed by atoms with Crippen molar-refractivity contribution in [3.8, 4) is 17.0 Å². The zero-order chi connectivity index (χ0) is 32.8. The Bertz CT molecular complexity index is 1510. The summed E-state index contributed by atoms with van der Waals surface area (Å²) in [5.41, 5.74) is 1.11. The minimum Gasteiger partial charge on any atom is -0.494 e. The molecule has 3 aromatic rings. The smallest absolute Gasteiger partial charge is 0.407 e. The lowest BCUT2D eigenvalue weighted by atomic mass is 9.80. The van der Waals surface area contributed by atoms with Crippen LogP contribution < -0.4 is 4.74 Å². The minimum atomic E-state index is -1.11. The number of methoxy groups -OCH3 is 1. The third-order valence-electron chi connectivity index (χ3n) is 8.97. The molecule has 46 heavy (non-hydrogen) atoms. The average Bonchev–Trinajstić information content (AvgIpc) is 3.49.